The van der Waals surface area contributed by atoms with E-state index in [0.29, 0.717) is 25.0 Å². The smallest absolute Gasteiger partial charge is 0.233 e. The predicted octanol–water partition coefficient (Wildman–Crippen LogP) is 1.93. The Morgan fingerprint density at radius 3 is 2.37 bits per heavy atom. The van der Waals surface area contributed by atoms with Gasteiger partial charge in [0, 0.05) is 12.5 Å². The van der Waals surface area contributed by atoms with E-state index in [1.165, 1.54) is 6.42 Å². The number of amides is 2. The molecule has 0 spiro atoms. The van der Waals surface area contributed by atoms with E-state index in [2.05, 4.69) is 5.16 Å². The van der Waals surface area contributed by atoms with Crippen molar-refractivity contribution >= 4 is 17.5 Å². The molecule has 0 bridgehead atoms. The minimum absolute atomic E-state index is 0.0252. The number of oxime groups is 1. The van der Waals surface area contributed by atoms with Crippen LogP contribution in [-0.4, -0.2) is 33.7 Å². The standard InChI is InChI=1S/C14H20N2O3/c17-13-11-7-6-9(15-19)8-12(11)14(18)16(13)10-4-2-1-3-5-10/h10-12,19H,1-8H2/b15-9+/t11-,12+/m0/s1. The van der Waals surface area contributed by atoms with Crippen LogP contribution < -0.4 is 0 Å². The van der Waals surface area contributed by atoms with E-state index in [-0.39, 0.29) is 29.7 Å². The molecule has 5 nitrogen and oxygen atoms in total. The van der Waals surface area contributed by atoms with Crippen molar-refractivity contribution in [1.29, 1.82) is 0 Å². The molecular formula is C14H20N2O3. The van der Waals surface area contributed by atoms with Gasteiger partial charge in [-0.05, 0) is 25.7 Å². The second-order valence-electron chi connectivity index (χ2n) is 5.96. The topological polar surface area (TPSA) is 70.0 Å². The molecule has 2 aliphatic carbocycles. The lowest BCUT2D eigenvalue weighted by Crippen LogP contribution is -2.41. The van der Waals surface area contributed by atoms with Crippen LogP contribution in [0.25, 0.3) is 0 Å². The molecule has 3 aliphatic rings. The summed E-state index contributed by atoms with van der Waals surface area (Å²) >= 11 is 0. The largest absolute Gasteiger partial charge is 0.411 e. The van der Waals surface area contributed by atoms with Gasteiger partial charge in [-0.3, -0.25) is 14.5 Å². The second-order valence-corrected chi connectivity index (χ2v) is 5.96. The first-order valence-electron chi connectivity index (χ1n) is 7.29. The quantitative estimate of drug-likeness (QED) is 0.447. The summed E-state index contributed by atoms with van der Waals surface area (Å²) in [4.78, 5) is 26.5. The lowest BCUT2D eigenvalue weighted by atomic mass is 9.80. The second kappa shape index (κ2) is 4.94. The summed E-state index contributed by atoms with van der Waals surface area (Å²) in [5, 5.41) is 12.1. The van der Waals surface area contributed by atoms with Crippen LogP contribution in [0.2, 0.25) is 0 Å². The molecule has 0 aromatic heterocycles. The maximum Gasteiger partial charge on any atom is 0.233 e. The monoisotopic (exact) mass is 264 g/mol. The summed E-state index contributed by atoms with van der Waals surface area (Å²) in [5.41, 5.74) is 0.660. The van der Waals surface area contributed by atoms with Crippen LogP contribution in [0, 0.1) is 11.8 Å². The molecule has 1 heterocycles. The number of rotatable bonds is 1. The predicted molar refractivity (Wildman–Crippen MR) is 68.8 cm³/mol. The number of imide groups is 1. The van der Waals surface area contributed by atoms with Crippen molar-refractivity contribution in [3.8, 4) is 0 Å². The Morgan fingerprint density at radius 1 is 1.00 bits per heavy atom. The fraction of sp³-hybridized carbons (Fsp3) is 0.786. The maximum atomic E-state index is 12.5. The zero-order valence-electron chi connectivity index (χ0n) is 11.0. The van der Waals surface area contributed by atoms with E-state index >= 15 is 0 Å². The fourth-order valence-corrected chi connectivity index (χ4v) is 3.83. The minimum atomic E-state index is -0.269. The van der Waals surface area contributed by atoms with Crippen LogP contribution in [0.5, 0.6) is 0 Å². The molecule has 104 valence electrons. The Kier molecular flexibility index (Phi) is 3.29. The molecule has 19 heavy (non-hydrogen) atoms. The third-order valence-electron chi connectivity index (χ3n) is 4.88. The van der Waals surface area contributed by atoms with Crippen LogP contribution in [-0.2, 0) is 9.59 Å². The summed E-state index contributed by atoms with van der Waals surface area (Å²) in [5.74, 6) is -0.435. The SMILES string of the molecule is O=C1[C@H]2CC/C(=N\O)C[C@H]2C(=O)N1C1CCCCC1. The van der Waals surface area contributed by atoms with E-state index in [1.807, 2.05) is 0 Å². The van der Waals surface area contributed by atoms with Gasteiger partial charge in [-0.2, -0.15) is 0 Å². The van der Waals surface area contributed by atoms with Crippen LogP contribution in [0.3, 0.4) is 0 Å². The Labute approximate surface area is 112 Å². The molecular weight excluding hydrogens is 244 g/mol. The van der Waals surface area contributed by atoms with Crippen molar-refractivity contribution < 1.29 is 14.8 Å². The number of hydrogen-bond donors (Lipinski definition) is 1. The maximum absolute atomic E-state index is 12.5. The molecule has 1 N–H and O–H groups in total. The summed E-state index contributed by atoms with van der Waals surface area (Å²) in [6.45, 7) is 0. The van der Waals surface area contributed by atoms with E-state index in [9.17, 15) is 9.59 Å². The first-order chi connectivity index (χ1) is 9.22. The van der Waals surface area contributed by atoms with Gasteiger partial charge in [-0.1, -0.05) is 24.4 Å². The minimum Gasteiger partial charge on any atom is -0.411 e. The lowest BCUT2D eigenvalue weighted by Gasteiger charge is -2.29. The molecule has 2 atom stereocenters. The normalized spacial score (nSPS) is 34.9. The van der Waals surface area contributed by atoms with Crippen LogP contribution in [0.1, 0.15) is 51.4 Å². The van der Waals surface area contributed by atoms with E-state index in [0.717, 1.165) is 25.7 Å². The molecule has 0 aromatic rings. The van der Waals surface area contributed by atoms with Gasteiger partial charge in [0.25, 0.3) is 0 Å². The Hall–Kier alpha value is -1.39. The average Bonchev–Trinajstić information content (AvgIpc) is 2.71. The molecule has 3 fully saturated rings. The fourth-order valence-electron chi connectivity index (χ4n) is 3.83. The molecule has 1 saturated heterocycles. The molecule has 5 heteroatoms. The van der Waals surface area contributed by atoms with E-state index in [4.69, 9.17) is 5.21 Å². The van der Waals surface area contributed by atoms with Crippen LogP contribution >= 0.6 is 0 Å². The van der Waals surface area contributed by atoms with Crippen LogP contribution in [0.15, 0.2) is 5.16 Å². The van der Waals surface area contributed by atoms with Gasteiger partial charge in [0.1, 0.15) is 0 Å². The van der Waals surface area contributed by atoms with Gasteiger partial charge in [0.15, 0.2) is 0 Å². The summed E-state index contributed by atoms with van der Waals surface area (Å²) < 4.78 is 0. The van der Waals surface area contributed by atoms with Crippen molar-refractivity contribution in [2.24, 2.45) is 17.0 Å². The van der Waals surface area contributed by atoms with E-state index in [1.54, 1.807) is 4.90 Å². The first kappa shape index (κ1) is 12.6. The number of nitrogens with zero attached hydrogens (tertiary/aromatic N) is 2. The number of hydrogen-bond acceptors (Lipinski definition) is 4. The highest BCUT2D eigenvalue weighted by atomic mass is 16.4. The Morgan fingerprint density at radius 2 is 1.68 bits per heavy atom. The summed E-state index contributed by atoms with van der Waals surface area (Å²) in [6, 6.07) is 0.119. The number of fused-ring (bicyclic) bond motifs is 1. The van der Waals surface area contributed by atoms with Gasteiger partial charge in [0.2, 0.25) is 11.8 Å². The van der Waals surface area contributed by atoms with Gasteiger partial charge in [-0.25, -0.2) is 0 Å². The van der Waals surface area contributed by atoms with Crippen molar-refractivity contribution in [3.63, 3.8) is 0 Å². The highest BCUT2D eigenvalue weighted by molar-refractivity contribution is 6.08. The molecule has 2 saturated carbocycles. The molecule has 2 amide bonds. The Bertz CT molecular complexity index is 426. The van der Waals surface area contributed by atoms with Crippen molar-refractivity contribution in [2.45, 2.75) is 57.4 Å². The van der Waals surface area contributed by atoms with E-state index < -0.39 is 0 Å². The van der Waals surface area contributed by atoms with Gasteiger partial charge in [0.05, 0.1) is 17.5 Å². The zero-order valence-corrected chi connectivity index (χ0v) is 11.0. The zero-order chi connectivity index (χ0) is 13.4. The molecule has 3 rings (SSSR count). The summed E-state index contributed by atoms with van der Waals surface area (Å²) in [7, 11) is 0. The third kappa shape index (κ3) is 2.05. The molecule has 0 radical (unpaired) electrons. The molecule has 0 unspecified atom stereocenters. The molecule has 0 aromatic carbocycles. The number of carbonyl (C=O) groups excluding carboxylic acids is 2. The number of carbonyl (C=O) groups is 2. The lowest BCUT2D eigenvalue weighted by molar-refractivity contribution is -0.143. The van der Waals surface area contributed by atoms with Gasteiger partial charge < -0.3 is 5.21 Å². The van der Waals surface area contributed by atoms with Gasteiger partial charge in [-0.15, -0.1) is 0 Å². The highest BCUT2D eigenvalue weighted by Crippen LogP contribution is 2.40. The van der Waals surface area contributed by atoms with Crippen molar-refractivity contribution in [2.75, 3.05) is 0 Å². The van der Waals surface area contributed by atoms with Crippen molar-refractivity contribution in [3.05, 3.63) is 0 Å². The first-order valence-corrected chi connectivity index (χ1v) is 7.29. The Balaban J connectivity index is 1.80. The molecule has 1 aliphatic heterocycles. The average molecular weight is 264 g/mol. The third-order valence-corrected chi connectivity index (χ3v) is 4.88. The summed E-state index contributed by atoms with van der Waals surface area (Å²) in [6.07, 6.45) is 7.08. The highest BCUT2D eigenvalue weighted by Gasteiger charge is 2.51. The van der Waals surface area contributed by atoms with Gasteiger partial charge >= 0.3 is 0 Å². The van der Waals surface area contributed by atoms with Crippen LogP contribution in [0.4, 0.5) is 0 Å². The number of likely N-dealkylation sites (tertiary alicyclic amines) is 1. The van der Waals surface area contributed by atoms with Crippen molar-refractivity contribution in [1.82, 2.24) is 4.90 Å².